The minimum absolute atomic E-state index is 0.668. The van der Waals surface area contributed by atoms with Gasteiger partial charge >= 0.3 is 0 Å². The molecule has 0 bridgehead atoms. The third-order valence-corrected chi connectivity index (χ3v) is 4.24. The van der Waals surface area contributed by atoms with Gasteiger partial charge in [-0.1, -0.05) is 11.6 Å². The summed E-state index contributed by atoms with van der Waals surface area (Å²) in [5.74, 6) is 2.11. The highest BCUT2D eigenvalue weighted by molar-refractivity contribution is 6.32. The number of nitrogens with zero attached hydrogens (tertiary/aromatic N) is 2. The molecule has 0 unspecified atom stereocenters. The number of rotatable bonds is 4. The normalized spacial score (nSPS) is 10.8. The van der Waals surface area contributed by atoms with Crippen LogP contribution in [0, 0.1) is 6.92 Å². The van der Waals surface area contributed by atoms with Crippen molar-refractivity contribution in [1.29, 1.82) is 0 Å². The van der Waals surface area contributed by atoms with Crippen molar-refractivity contribution >= 4 is 34.3 Å². The summed E-state index contributed by atoms with van der Waals surface area (Å²) in [6, 6.07) is 15.1. The predicted octanol–water partition coefficient (Wildman–Crippen LogP) is 5.46. The van der Waals surface area contributed by atoms with Gasteiger partial charge in [-0.25, -0.2) is 4.98 Å². The van der Waals surface area contributed by atoms with Crippen molar-refractivity contribution in [2.45, 2.75) is 6.92 Å². The fourth-order valence-electron chi connectivity index (χ4n) is 2.53. The summed E-state index contributed by atoms with van der Waals surface area (Å²) in [6.45, 7) is 1.96. The number of hydrogen-bond acceptors (Lipinski definition) is 4. The Bertz CT molecular complexity index is 1010. The molecule has 4 aromatic rings. The van der Waals surface area contributed by atoms with Gasteiger partial charge in [-0.3, -0.25) is 4.98 Å². The molecule has 6 heteroatoms. The number of H-pyrrole nitrogens is 1. The van der Waals surface area contributed by atoms with E-state index in [-0.39, 0.29) is 0 Å². The first kappa shape index (κ1) is 15.5. The van der Waals surface area contributed by atoms with Crippen LogP contribution in [0.4, 0.5) is 11.6 Å². The van der Waals surface area contributed by atoms with E-state index in [1.54, 1.807) is 12.4 Å². The molecule has 5 nitrogen and oxygen atoms in total. The number of aryl methyl sites for hydroxylation is 1. The fraction of sp³-hybridized carbons (Fsp3) is 0.0526. The molecule has 0 amide bonds. The molecule has 0 atom stereocenters. The Balaban J connectivity index is 1.52. The first-order valence-corrected chi connectivity index (χ1v) is 8.16. The lowest BCUT2D eigenvalue weighted by Crippen LogP contribution is -1.92. The number of aromatic amines is 1. The summed E-state index contributed by atoms with van der Waals surface area (Å²) in [6.07, 6.45) is 3.39. The summed E-state index contributed by atoms with van der Waals surface area (Å²) in [5.41, 5.74) is 3.68. The molecule has 25 heavy (non-hydrogen) atoms. The van der Waals surface area contributed by atoms with E-state index in [1.807, 2.05) is 55.5 Å². The van der Waals surface area contributed by atoms with Gasteiger partial charge in [0.25, 0.3) is 0 Å². The van der Waals surface area contributed by atoms with Gasteiger partial charge in [0, 0.05) is 16.9 Å². The molecule has 2 N–H and O–H groups in total. The molecule has 0 spiro atoms. The van der Waals surface area contributed by atoms with E-state index in [4.69, 9.17) is 16.3 Å². The number of nitrogens with one attached hydrogen (secondary N) is 2. The van der Waals surface area contributed by atoms with Gasteiger partial charge < -0.3 is 15.0 Å². The molecule has 0 radical (unpaired) electrons. The van der Waals surface area contributed by atoms with Crippen LogP contribution in [0.15, 0.2) is 60.9 Å². The van der Waals surface area contributed by atoms with Crippen LogP contribution < -0.4 is 10.1 Å². The molecule has 2 aromatic carbocycles. The van der Waals surface area contributed by atoms with Gasteiger partial charge in [-0.2, -0.15) is 0 Å². The van der Waals surface area contributed by atoms with Gasteiger partial charge in [0.1, 0.15) is 11.5 Å². The van der Waals surface area contributed by atoms with Crippen molar-refractivity contribution in [3.8, 4) is 11.5 Å². The summed E-state index contributed by atoms with van der Waals surface area (Å²) in [4.78, 5) is 11.8. The standard InChI is InChI=1S/C19H15ClN4O/c1-12-16(20)8-9-17-18(12)24-19(23-17)22-13-4-6-14(7-5-13)25-15-3-2-10-21-11-15/h2-11H,1H3,(H2,22,23,24). The second-order valence-corrected chi connectivity index (χ2v) is 6.00. The quantitative estimate of drug-likeness (QED) is 0.513. The van der Waals surface area contributed by atoms with Crippen LogP contribution in [0.5, 0.6) is 11.5 Å². The molecule has 124 valence electrons. The maximum absolute atomic E-state index is 6.15. The zero-order chi connectivity index (χ0) is 17.2. The highest BCUT2D eigenvalue weighted by Crippen LogP contribution is 2.27. The molecule has 2 heterocycles. The van der Waals surface area contributed by atoms with E-state index >= 15 is 0 Å². The van der Waals surface area contributed by atoms with E-state index in [0.717, 1.165) is 28.0 Å². The smallest absolute Gasteiger partial charge is 0.205 e. The van der Waals surface area contributed by atoms with Gasteiger partial charge in [0.15, 0.2) is 0 Å². The van der Waals surface area contributed by atoms with Crippen LogP contribution in [-0.4, -0.2) is 15.0 Å². The Morgan fingerprint density at radius 3 is 2.64 bits per heavy atom. The lowest BCUT2D eigenvalue weighted by atomic mass is 10.2. The van der Waals surface area contributed by atoms with Crippen LogP contribution in [0.2, 0.25) is 5.02 Å². The summed E-state index contributed by atoms with van der Waals surface area (Å²) in [5, 5.41) is 3.96. The van der Waals surface area contributed by atoms with Gasteiger partial charge in [-0.15, -0.1) is 0 Å². The number of hydrogen-bond donors (Lipinski definition) is 2. The largest absolute Gasteiger partial charge is 0.456 e. The SMILES string of the molecule is Cc1c(Cl)ccc2[nH]c(Nc3ccc(Oc4cccnc4)cc3)nc12. The minimum Gasteiger partial charge on any atom is -0.456 e. The second kappa shape index (κ2) is 6.45. The Morgan fingerprint density at radius 2 is 1.88 bits per heavy atom. The number of ether oxygens (including phenoxy) is 1. The maximum atomic E-state index is 6.15. The Morgan fingerprint density at radius 1 is 1.04 bits per heavy atom. The van der Waals surface area contributed by atoms with Crippen LogP contribution in [0.25, 0.3) is 11.0 Å². The lowest BCUT2D eigenvalue weighted by molar-refractivity contribution is 0.480. The van der Waals surface area contributed by atoms with Crippen LogP contribution in [-0.2, 0) is 0 Å². The van der Waals surface area contributed by atoms with Crippen LogP contribution in [0.1, 0.15) is 5.56 Å². The first-order valence-electron chi connectivity index (χ1n) is 7.79. The second-order valence-electron chi connectivity index (χ2n) is 5.59. The predicted molar refractivity (Wildman–Crippen MR) is 99.9 cm³/mol. The molecular formula is C19H15ClN4O. The molecular weight excluding hydrogens is 336 g/mol. The zero-order valence-electron chi connectivity index (χ0n) is 13.5. The maximum Gasteiger partial charge on any atom is 0.205 e. The van der Waals surface area contributed by atoms with Crippen LogP contribution in [0.3, 0.4) is 0 Å². The van der Waals surface area contributed by atoms with E-state index in [9.17, 15) is 0 Å². The number of pyridine rings is 1. The third-order valence-electron chi connectivity index (χ3n) is 3.83. The Labute approximate surface area is 149 Å². The first-order chi connectivity index (χ1) is 12.2. The molecule has 0 aliphatic heterocycles. The van der Waals surface area contributed by atoms with Crippen molar-refractivity contribution < 1.29 is 4.74 Å². The van der Waals surface area contributed by atoms with Gasteiger partial charge in [-0.05, 0) is 61.0 Å². The van der Waals surface area contributed by atoms with Crippen molar-refractivity contribution in [2.24, 2.45) is 0 Å². The van der Waals surface area contributed by atoms with Crippen molar-refractivity contribution in [2.75, 3.05) is 5.32 Å². The van der Waals surface area contributed by atoms with Crippen molar-refractivity contribution in [3.05, 3.63) is 71.5 Å². The van der Waals surface area contributed by atoms with Crippen molar-refractivity contribution in [1.82, 2.24) is 15.0 Å². The van der Waals surface area contributed by atoms with E-state index in [0.29, 0.717) is 16.7 Å². The molecule has 0 aliphatic carbocycles. The summed E-state index contributed by atoms with van der Waals surface area (Å²) in [7, 11) is 0. The highest BCUT2D eigenvalue weighted by atomic mass is 35.5. The monoisotopic (exact) mass is 350 g/mol. The van der Waals surface area contributed by atoms with Crippen LogP contribution >= 0.6 is 11.6 Å². The van der Waals surface area contributed by atoms with E-state index in [2.05, 4.69) is 20.3 Å². The fourth-order valence-corrected chi connectivity index (χ4v) is 2.69. The minimum atomic E-state index is 0.668. The molecule has 0 fully saturated rings. The van der Waals surface area contributed by atoms with Gasteiger partial charge in [0.2, 0.25) is 5.95 Å². The van der Waals surface area contributed by atoms with E-state index < -0.39 is 0 Å². The lowest BCUT2D eigenvalue weighted by Gasteiger charge is -2.06. The average Bonchev–Trinajstić information content (AvgIpc) is 3.04. The number of fused-ring (bicyclic) bond motifs is 1. The van der Waals surface area contributed by atoms with E-state index in [1.165, 1.54) is 0 Å². The third kappa shape index (κ3) is 3.27. The Kier molecular flexibility index (Phi) is 3.99. The number of aromatic nitrogens is 3. The average molecular weight is 351 g/mol. The van der Waals surface area contributed by atoms with Gasteiger partial charge in [0.05, 0.1) is 17.2 Å². The number of halogens is 1. The number of benzene rings is 2. The summed E-state index contributed by atoms with van der Waals surface area (Å²) < 4.78 is 5.73. The Hall–Kier alpha value is -3.05. The summed E-state index contributed by atoms with van der Waals surface area (Å²) >= 11 is 6.15. The number of anilines is 2. The molecule has 0 aliphatic rings. The highest BCUT2D eigenvalue weighted by Gasteiger charge is 2.08. The molecule has 0 saturated heterocycles. The molecule has 0 saturated carbocycles. The van der Waals surface area contributed by atoms with Crippen molar-refractivity contribution in [3.63, 3.8) is 0 Å². The molecule has 4 rings (SSSR count). The zero-order valence-corrected chi connectivity index (χ0v) is 14.2. The topological polar surface area (TPSA) is 62.8 Å². The molecule has 2 aromatic heterocycles. The number of imidazole rings is 1.